The lowest BCUT2D eigenvalue weighted by Gasteiger charge is -2.36. The number of hydrogen-bond donors (Lipinski definition) is 1. The highest BCUT2D eigenvalue weighted by atomic mass is 16.6. The van der Waals surface area contributed by atoms with Gasteiger partial charge in [-0.1, -0.05) is 20.8 Å². The second-order valence-corrected chi connectivity index (χ2v) is 6.08. The summed E-state index contributed by atoms with van der Waals surface area (Å²) >= 11 is 0. The Morgan fingerprint density at radius 2 is 2.20 bits per heavy atom. The third-order valence-electron chi connectivity index (χ3n) is 3.64. The molecule has 8 heteroatoms. The van der Waals surface area contributed by atoms with Crippen LogP contribution in [0.25, 0.3) is 0 Å². The monoisotopic (exact) mass is 282 g/mol. The highest BCUT2D eigenvalue weighted by Crippen LogP contribution is 2.39. The van der Waals surface area contributed by atoms with E-state index >= 15 is 0 Å². The van der Waals surface area contributed by atoms with E-state index in [1.165, 1.54) is 22.0 Å². The Bertz CT molecular complexity index is 534. The molecule has 1 aliphatic heterocycles. The Labute approximate surface area is 116 Å². The summed E-state index contributed by atoms with van der Waals surface area (Å²) in [5.41, 5.74) is -0.355. The van der Waals surface area contributed by atoms with Crippen molar-refractivity contribution in [2.75, 3.05) is 6.54 Å². The van der Waals surface area contributed by atoms with E-state index in [2.05, 4.69) is 5.10 Å². The van der Waals surface area contributed by atoms with Gasteiger partial charge in [0.15, 0.2) is 0 Å². The van der Waals surface area contributed by atoms with Crippen molar-refractivity contribution in [2.24, 2.45) is 5.41 Å². The number of likely N-dealkylation sites (tertiary alicyclic amines) is 1. The van der Waals surface area contributed by atoms with Gasteiger partial charge in [0.2, 0.25) is 0 Å². The van der Waals surface area contributed by atoms with Gasteiger partial charge in [0.05, 0.1) is 17.0 Å². The molecular weight excluding hydrogens is 264 g/mol. The van der Waals surface area contributed by atoms with E-state index in [9.17, 15) is 20.0 Å². The van der Waals surface area contributed by atoms with Gasteiger partial charge in [0.1, 0.15) is 12.4 Å². The zero-order chi connectivity index (χ0) is 15.1. The Kier molecular flexibility index (Phi) is 3.41. The van der Waals surface area contributed by atoms with E-state index in [1.807, 2.05) is 20.8 Å². The smallest absolute Gasteiger partial charge is 0.407 e. The topological polar surface area (TPSA) is 101 Å². The molecule has 1 saturated heterocycles. The average molecular weight is 282 g/mol. The molecule has 1 N–H and O–H groups in total. The van der Waals surface area contributed by atoms with E-state index in [1.54, 1.807) is 0 Å². The van der Waals surface area contributed by atoms with Crippen LogP contribution in [0, 0.1) is 15.5 Å². The molecule has 2 rings (SSSR count). The van der Waals surface area contributed by atoms with E-state index in [-0.39, 0.29) is 23.2 Å². The average Bonchev–Trinajstić information content (AvgIpc) is 2.94. The molecule has 2 atom stereocenters. The van der Waals surface area contributed by atoms with Crippen molar-refractivity contribution in [3.63, 3.8) is 0 Å². The van der Waals surface area contributed by atoms with Gasteiger partial charge in [-0.05, 0) is 11.8 Å². The molecule has 1 fully saturated rings. The number of carboxylic acid groups (broad SMARTS) is 1. The van der Waals surface area contributed by atoms with Crippen molar-refractivity contribution in [1.82, 2.24) is 14.7 Å². The van der Waals surface area contributed by atoms with Crippen molar-refractivity contribution in [2.45, 2.75) is 39.3 Å². The number of hydrogen-bond acceptors (Lipinski definition) is 4. The fourth-order valence-corrected chi connectivity index (χ4v) is 2.92. The summed E-state index contributed by atoms with van der Waals surface area (Å²) in [5, 5.41) is 24.1. The molecule has 1 aromatic heterocycles. The van der Waals surface area contributed by atoms with Gasteiger partial charge in [-0.15, -0.1) is 0 Å². The number of nitro groups is 1. The fourth-order valence-electron chi connectivity index (χ4n) is 2.92. The molecule has 2 heterocycles. The number of rotatable bonds is 2. The van der Waals surface area contributed by atoms with Crippen molar-refractivity contribution in [3.8, 4) is 0 Å². The summed E-state index contributed by atoms with van der Waals surface area (Å²) in [4.78, 5) is 23.0. The highest BCUT2D eigenvalue weighted by Gasteiger charge is 2.45. The molecule has 2 unspecified atom stereocenters. The van der Waals surface area contributed by atoms with Gasteiger partial charge in [0, 0.05) is 6.54 Å². The van der Waals surface area contributed by atoms with Gasteiger partial charge in [-0.2, -0.15) is 5.10 Å². The maximum absolute atomic E-state index is 11.3. The maximum Gasteiger partial charge on any atom is 0.407 e. The van der Waals surface area contributed by atoms with Crippen LogP contribution in [0.2, 0.25) is 0 Å². The van der Waals surface area contributed by atoms with Crippen LogP contribution in [0.3, 0.4) is 0 Å². The lowest BCUT2D eigenvalue weighted by Crippen LogP contribution is -2.46. The fraction of sp³-hybridized carbons (Fsp3) is 0.667. The Hall–Kier alpha value is -2.12. The quantitative estimate of drug-likeness (QED) is 0.661. The zero-order valence-electron chi connectivity index (χ0n) is 11.7. The molecule has 1 aromatic rings. The Balaban J connectivity index is 2.34. The number of amides is 1. The number of carbonyl (C=O) groups is 1. The minimum atomic E-state index is -0.964. The molecule has 1 aliphatic rings. The van der Waals surface area contributed by atoms with Crippen LogP contribution in [0.5, 0.6) is 0 Å². The summed E-state index contributed by atoms with van der Waals surface area (Å²) in [5.74, 6) is 0. The van der Waals surface area contributed by atoms with Crippen molar-refractivity contribution < 1.29 is 14.8 Å². The van der Waals surface area contributed by atoms with Crippen LogP contribution in [0.4, 0.5) is 10.5 Å². The van der Waals surface area contributed by atoms with Gasteiger partial charge in [0.25, 0.3) is 0 Å². The lowest BCUT2D eigenvalue weighted by atomic mass is 9.83. The number of aromatic nitrogens is 2. The minimum absolute atomic E-state index is 0.0774. The first kappa shape index (κ1) is 14.3. The van der Waals surface area contributed by atoms with Gasteiger partial charge < -0.3 is 10.0 Å². The molecule has 8 nitrogen and oxygen atoms in total. The van der Waals surface area contributed by atoms with E-state index in [4.69, 9.17) is 0 Å². The molecular formula is C12H18N4O4. The molecule has 0 aromatic carbocycles. The van der Waals surface area contributed by atoms with Gasteiger partial charge >= 0.3 is 11.8 Å². The molecule has 0 bridgehead atoms. The van der Waals surface area contributed by atoms with Crippen molar-refractivity contribution in [3.05, 3.63) is 22.5 Å². The predicted octanol–water partition coefficient (Wildman–Crippen LogP) is 2.13. The predicted molar refractivity (Wildman–Crippen MR) is 70.5 cm³/mol. The zero-order valence-corrected chi connectivity index (χ0v) is 11.7. The summed E-state index contributed by atoms with van der Waals surface area (Å²) in [6.07, 6.45) is 2.21. The number of nitrogens with zero attached hydrogens (tertiary/aromatic N) is 4. The summed E-state index contributed by atoms with van der Waals surface area (Å²) in [6, 6.07) is -0.445. The summed E-state index contributed by atoms with van der Waals surface area (Å²) in [7, 11) is 0. The molecule has 20 heavy (non-hydrogen) atoms. The minimum Gasteiger partial charge on any atom is -0.465 e. The van der Waals surface area contributed by atoms with Crippen LogP contribution < -0.4 is 0 Å². The van der Waals surface area contributed by atoms with Gasteiger partial charge in [-0.25, -0.2) is 4.79 Å². The SMILES string of the molecule is CC(C)(C)C1C(n2cc([N+](=O)[O-])cn2)CCN1C(=O)O. The van der Waals surface area contributed by atoms with Crippen molar-refractivity contribution >= 4 is 11.8 Å². The standard InChI is InChI=1S/C12H18N4O4/c1-12(2,3)10-9(4-5-14(10)11(17)18)15-7-8(6-13-15)16(19)20/h6-7,9-10H,4-5H2,1-3H3,(H,17,18). The first-order chi connectivity index (χ1) is 9.21. The maximum atomic E-state index is 11.3. The van der Waals surface area contributed by atoms with E-state index < -0.39 is 11.0 Å². The lowest BCUT2D eigenvalue weighted by molar-refractivity contribution is -0.385. The summed E-state index contributed by atoms with van der Waals surface area (Å²) < 4.78 is 1.52. The second kappa shape index (κ2) is 4.77. The van der Waals surface area contributed by atoms with Crippen LogP contribution in [-0.4, -0.2) is 43.4 Å². The third-order valence-corrected chi connectivity index (χ3v) is 3.64. The molecule has 0 spiro atoms. The molecule has 0 aliphatic carbocycles. The third kappa shape index (κ3) is 2.45. The molecule has 0 radical (unpaired) electrons. The second-order valence-electron chi connectivity index (χ2n) is 6.08. The van der Waals surface area contributed by atoms with Crippen LogP contribution >= 0.6 is 0 Å². The first-order valence-electron chi connectivity index (χ1n) is 6.40. The van der Waals surface area contributed by atoms with Crippen LogP contribution in [-0.2, 0) is 0 Å². The largest absolute Gasteiger partial charge is 0.465 e. The Morgan fingerprint density at radius 1 is 1.55 bits per heavy atom. The first-order valence-corrected chi connectivity index (χ1v) is 6.40. The van der Waals surface area contributed by atoms with E-state index in [0.717, 1.165) is 0 Å². The molecule has 1 amide bonds. The van der Waals surface area contributed by atoms with Crippen molar-refractivity contribution in [1.29, 1.82) is 0 Å². The molecule has 110 valence electrons. The van der Waals surface area contributed by atoms with Crippen LogP contribution in [0.1, 0.15) is 33.2 Å². The molecule has 0 saturated carbocycles. The van der Waals surface area contributed by atoms with Gasteiger partial charge in [-0.3, -0.25) is 14.8 Å². The summed E-state index contributed by atoms with van der Waals surface area (Å²) in [6.45, 7) is 6.30. The normalized spacial score (nSPS) is 23.1. The Morgan fingerprint density at radius 3 is 2.65 bits per heavy atom. The van der Waals surface area contributed by atoms with E-state index in [0.29, 0.717) is 13.0 Å². The van der Waals surface area contributed by atoms with Crippen LogP contribution in [0.15, 0.2) is 12.4 Å². The highest BCUT2D eigenvalue weighted by molar-refractivity contribution is 5.66.